The zero-order valence-corrected chi connectivity index (χ0v) is 18.6. The third kappa shape index (κ3) is 3.89. The highest BCUT2D eigenvalue weighted by Gasteiger charge is 2.33. The Hall–Kier alpha value is -2.22. The van der Waals surface area contributed by atoms with Crippen molar-refractivity contribution in [3.8, 4) is 0 Å². The molecule has 1 aliphatic carbocycles. The number of carbonyl (C=O) groups excluding carboxylic acids is 2. The summed E-state index contributed by atoms with van der Waals surface area (Å²) in [6.07, 6.45) is 6.73. The molecule has 0 spiro atoms. The van der Waals surface area contributed by atoms with Crippen molar-refractivity contribution in [3.05, 3.63) is 26.6 Å². The Morgan fingerprint density at radius 3 is 2.60 bits per heavy atom. The minimum absolute atomic E-state index is 0.00228. The molecule has 0 N–H and O–H groups in total. The number of aryl methyl sites for hydroxylation is 2. The van der Waals surface area contributed by atoms with Crippen molar-refractivity contribution in [1.82, 2.24) is 14.5 Å². The third-order valence-corrected chi connectivity index (χ3v) is 7.34. The van der Waals surface area contributed by atoms with E-state index in [4.69, 9.17) is 4.74 Å². The van der Waals surface area contributed by atoms with Gasteiger partial charge in [0.25, 0.3) is 5.56 Å². The molecule has 1 aliphatic heterocycles. The van der Waals surface area contributed by atoms with Crippen LogP contribution in [-0.2, 0) is 27.3 Å². The number of fused-ring (bicyclic) bond motifs is 3. The minimum Gasteiger partial charge on any atom is -0.466 e. The predicted molar refractivity (Wildman–Crippen MR) is 116 cm³/mol. The van der Waals surface area contributed by atoms with E-state index < -0.39 is 5.92 Å². The normalized spacial score (nSPS) is 19.4. The molecule has 2 aromatic heterocycles. The fraction of sp³-hybridized carbons (Fsp3) is 0.636. The molecule has 1 unspecified atom stereocenters. The Labute approximate surface area is 180 Å². The standard InChI is InChI=1S/C22H29N3O4S/c1-3-29-22(28)15-9-8-10-16-18(15)19-20(30-16)23-14(2)25(21(19)27)13-17(26)24-11-6-4-5-7-12-24/h15H,3-13H2,1-2H3. The minimum atomic E-state index is -0.422. The lowest BCUT2D eigenvalue weighted by molar-refractivity contribution is -0.145. The first kappa shape index (κ1) is 21.0. The van der Waals surface area contributed by atoms with Gasteiger partial charge in [-0.3, -0.25) is 19.0 Å². The summed E-state index contributed by atoms with van der Waals surface area (Å²) >= 11 is 1.50. The molecule has 3 heterocycles. The first-order chi connectivity index (χ1) is 14.5. The Bertz CT molecular complexity index is 1020. The summed E-state index contributed by atoms with van der Waals surface area (Å²) in [6.45, 7) is 5.39. The fourth-order valence-electron chi connectivity index (χ4n) is 4.64. The van der Waals surface area contributed by atoms with Gasteiger partial charge in [-0.25, -0.2) is 4.98 Å². The van der Waals surface area contributed by atoms with E-state index in [-0.39, 0.29) is 24.0 Å². The SMILES string of the molecule is CCOC(=O)C1CCCc2sc3nc(C)n(CC(=O)N4CCCCCC4)c(=O)c3c21. The zero-order valence-electron chi connectivity index (χ0n) is 17.7. The molecule has 2 aliphatic rings. The number of hydrogen-bond donors (Lipinski definition) is 0. The van der Waals surface area contributed by atoms with Crippen LogP contribution >= 0.6 is 11.3 Å². The summed E-state index contributed by atoms with van der Waals surface area (Å²) in [5.41, 5.74) is 0.572. The average Bonchev–Trinajstić information content (AvgIpc) is 2.89. The van der Waals surface area contributed by atoms with E-state index in [0.717, 1.165) is 62.1 Å². The molecule has 0 saturated carbocycles. The summed E-state index contributed by atoms with van der Waals surface area (Å²) in [7, 11) is 0. The molecule has 2 aromatic rings. The van der Waals surface area contributed by atoms with Crippen molar-refractivity contribution in [2.45, 2.75) is 71.3 Å². The number of aromatic nitrogens is 2. The first-order valence-electron chi connectivity index (χ1n) is 11.0. The van der Waals surface area contributed by atoms with Crippen LogP contribution in [0.25, 0.3) is 10.2 Å². The van der Waals surface area contributed by atoms with Crippen LogP contribution in [0.5, 0.6) is 0 Å². The second-order valence-electron chi connectivity index (χ2n) is 8.16. The summed E-state index contributed by atoms with van der Waals surface area (Å²) in [5.74, 6) is -0.184. The van der Waals surface area contributed by atoms with Gasteiger partial charge in [0.1, 0.15) is 17.2 Å². The number of esters is 1. The molecule has 0 bridgehead atoms. The molecule has 4 rings (SSSR count). The van der Waals surface area contributed by atoms with Crippen molar-refractivity contribution in [3.63, 3.8) is 0 Å². The largest absolute Gasteiger partial charge is 0.466 e. The highest BCUT2D eigenvalue weighted by atomic mass is 32.1. The number of thiophene rings is 1. The number of hydrogen-bond acceptors (Lipinski definition) is 6. The average molecular weight is 432 g/mol. The second-order valence-corrected chi connectivity index (χ2v) is 9.24. The summed E-state index contributed by atoms with van der Waals surface area (Å²) < 4.78 is 6.77. The molecule has 1 fully saturated rings. The van der Waals surface area contributed by atoms with Crippen LogP contribution in [0.2, 0.25) is 0 Å². The number of nitrogens with zero attached hydrogens (tertiary/aromatic N) is 3. The number of ether oxygens (including phenoxy) is 1. The van der Waals surface area contributed by atoms with Crippen LogP contribution < -0.4 is 5.56 Å². The van der Waals surface area contributed by atoms with Gasteiger partial charge in [-0.2, -0.15) is 0 Å². The summed E-state index contributed by atoms with van der Waals surface area (Å²) in [4.78, 5) is 47.2. The van der Waals surface area contributed by atoms with Gasteiger partial charge >= 0.3 is 5.97 Å². The van der Waals surface area contributed by atoms with Crippen LogP contribution in [0.15, 0.2) is 4.79 Å². The molecule has 162 valence electrons. The van der Waals surface area contributed by atoms with Gasteiger partial charge in [-0.1, -0.05) is 12.8 Å². The molecule has 1 amide bonds. The highest BCUT2D eigenvalue weighted by Crippen LogP contribution is 2.41. The fourth-order valence-corrected chi connectivity index (χ4v) is 5.95. The Kier molecular flexibility index (Phi) is 6.22. The monoisotopic (exact) mass is 431 g/mol. The highest BCUT2D eigenvalue weighted by molar-refractivity contribution is 7.18. The lowest BCUT2D eigenvalue weighted by atomic mass is 9.86. The molecule has 7 nitrogen and oxygen atoms in total. The van der Waals surface area contributed by atoms with Crippen molar-refractivity contribution >= 4 is 33.4 Å². The lowest BCUT2D eigenvalue weighted by Gasteiger charge is -2.22. The lowest BCUT2D eigenvalue weighted by Crippen LogP contribution is -2.38. The molecular weight excluding hydrogens is 402 g/mol. The van der Waals surface area contributed by atoms with Crippen LogP contribution in [-0.4, -0.2) is 46.0 Å². The smallest absolute Gasteiger partial charge is 0.313 e. The van der Waals surface area contributed by atoms with Gasteiger partial charge < -0.3 is 9.64 Å². The van der Waals surface area contributed by atoms with Gasteiger partial charge in [0.15, 0.2) is 0 Å². The maximum atomic E-state index is 13.5. The number of likely N-dealkylation sites (tertiary alicyclic amines) is 1. The van der Waals surface area contributed by atoms with Gasteiger partial charge in [0, 0.05) is 18.0 Å². The third-order valence-electron chi connectivity index (χ3n) is 6.18. The molecule has 30 heavy (non-hydrogen) atoms. The van der Waals surface area contributed by atoms with Gasteiger partial charge in [-0.05, 0) is 51.5 Å². The quantitative estimate of drug-likeness (QED) is 0.695. The molecule has 0 radical (unpaired) electrons. The van der Waals surface area contributed by atoms with Crippen molar-refractivity contribution in [2.75, 3.05) is 19.7 Å². The van der Waals surface area contributed by atoms with Crippen molar-refractivity contribution < 1.29 is 14.3 Å². The second kappa shape index (κ2) is 8.88. The van der Waals surface area contributed by atoms with E-state index in [1.54, 1.807) is 13.8 Å². The van der Waals surface area contributed by atoms with Crippen LogP contribution in [0.3, 0.4) is 0 Å². The Morgan fingerprint density at radius 2 is 1.90 bits per heavy atom. The predicted octanol–water partition coefficient (Wildman–Crippen LogP) is 3.15. The van der Waals surface area contributed by atoms with E-state index in [1.165, 1.54) is 15.9 Å². The van der Waals surface area contributed by atoms with E-state index >= 15 is 0 Å². The maximum Gasteiger partial charge on any atom is 0.313 e. The summed E-state index contributed by atoms with van der Waals surface area (Å²) in [6, 6.07) is 0. The van der Waals surface area contributed by atoms with Crippen LogP contribution in [0, 0.1) is 6.92 Å². The van der Waals surface area contributed by atoms with Gasteiger partial charge in [-0.15, -0.1) is 11.3 Å². The van der Waals surface area contributed by atoms with E-state index in [0.29, 0.717) is 29.1 Å². The van der Waals surface area contributed by atoms with E-state index in [1.807, 2.05) is 4.90 Å². The van der Waals surface area contributed by atoms with Gasteiger partial charge in [0.05, 0.1) is 17.9 Å². The summed E-state index contributed by atoms with van der Waals surface area (Å²) in [5, 5.41) is 0.502. The zero-order chi connectivity index (χ0) is 21.3. The molecule has 8 heteroatoms. The molecule has 0 aromatic carbocycles. The van der Waals surface area contributed by atoms with Crippen molar-refractivity contribution in [2.24, 2.45) is 0 Å². The van der Waals surface area contributed by atoms with E-state index in [9.17, 15) is 14.4 Å². The first-order valence-corrected chi connectivity index (χ1v) is 11.8. The maximum absolute atomic E-state index is 13.5. The number of amides is 1. The Morgan fingerprint density at radius 1 is 1.17 bits per heavy atom. The molecular formula is C22H29N3O4S. The van der Waals surface area contributed by atoms with Crippen molar-refractivity contribution in [1.29, 1.82) is 0 Å². The van der Waals surface area contributed by atoms with E-state index in [2.05, 4.69) is 4.98 Å². The number of rotatable bonds is 4. The van der Waals surface area contributed by atoms with Crippen LogP contribution in [0.4, 0.5) is 0 Å². The Balaban J connectivity index is 1.73. The molecule has 1 atom stereocenters. The molecule has 1 saturated heterocycles. The van der Waals surface area contributed by atoms with Gasteiger partial charge in [0.2, 0.25) is 5.91 Å². The topological polar surface area (TPSA) is 81.5 Å². The number of carbonyl (C=O) groups is 2. The van der Waals surface area contributed by atoms with Crippen LogP contribution in [0.1, 0.15) is 67.6 Å².